The molecule has 0 radical (unpaired) electrons. The van der Waals surface area contributed by atoms with E-state index in [2.05, 4.69) is 34.2 Å². The molecule has 32 heavy (non-hydrogen) atoms. The second-order valence-corrected chi connectivity index (χ2v) is 8.28. The van der Waals surface area contributed by atoms with Gasteiger partial charge in [0.15, 0.2) is 0 Å². The van der Waals surface area contributed by atoms with Gasteiger partial charge in [-0.05, 0) is 46.6 Å². The van der Waals surface area contributed by atoms with Crippen LogP contribution in [0.4, 0.5) is 4.79 Å². The first-order valence-electron chi connectivity index (χ1n) is 10.7. The van der Waals surface area contributed by atoms with Gasteiger partial charge in [-0.25, -0.2) is 19.6 Å². The van der Waals surface area contributed by atoms with Crippen LogP contribution < -0.4 is 0 Å². The summed E-state index contributed by atoms with van der Waals surface area (Å²) in [6.07, 6.45) is 5.33. The monoisotopic (exact) mass is 429 g/mol. The number of nitrogens with zero attached hydrogens (tertiary/aromatic N) is 3. The molecule has 0 spiro atoms. The first-order valence-corrected chi connectivity index (χ1v) is 10.7. The quantitative estimate of drug-likeness (QED) is 0.664. The number of carboxylic acids is 1. The molecule has 1 aliphatic carbocycles. The number of fused-ring (bicyclic) bond motifs is 3. The molecule has 0 unspecified atom stereocenters. The van der Waals surface area contributed by atoms with Crippen LogP contribution in [0.5, 0.6) is 0 Å². The van der Waals surface area contributed by atoms with Crippen LogP contribution in [-0.4, -0.2) is 51.2 Å². The summed E-state index contributed by atoms with van der Waals surface area (Å²) in [6, 6.07) is 15.3. The van der Waals surface area contributed by atoms with Crippen molar-refractivity contribution in [3.8, 4) is 11.1 Å². The third-order valence-corrected chi connectivity index (χ3v) is 6.46. The molecule has 1 fully saturated rings. The lowest BCUT2D eigenvalue weighted by Crippen LogP contribution is -2.44. The predicted molar refractivity (Wildman–Crippen MR) is 117 cm³/mol. The minimum absolute atomic E-state index is 0.0607. The molecule has 1 saturated heterocycles. The van der Waals surface area contributed by atoms with E-state index in [-0.39, 0.29) is 18.4 Å². The maximum atomic E-state index is 13.0. The van der Waals surface area contributed by atoms with Crippen LogP contribution in [-0.2, 0) is 16.0 Å². The van der Waals surface area contributed by atoms with Gasteiger partial charge in [0.05, 0.1) is 0 Å². The van der Waals surface area contributed by atoms with Crippen molar-refractivity contribution in [2.24, 2.45) is 5.92 Å². The van der Waals surface area contributed by atoms with E-state index in [0.717, 1.165) is 27.8 Å². The van der Waals surface area contributed by atoms with E-state index in [0.29, 0.717) is 19.4 Å². The molecule has 0 bridgehead atoms. The zero-order valence-corrected chi connectivity index (χ0v) is 17.4. The molecule has 162 valence electrons. The Morgan fingerprint density at radius 1 is 1.00 bits per heavy atom. The molecule has 2 aromatic carbocycles. The number of benzene rings is 2. The molecule has 1 aromatic heterocycles. The van der Waals surface area contributed by atoms with Gasteiger partial charge >= 0.3 is 12.1 Å². The zero-order valence-electron chi connectivity index (χ0n) is 17.4. The van der Waals surface area contributed by atoms with E-state index in [9.17, 15) is 14.7 Å². The average Bonchev–Trinajstić information content (AvgIpc) is 3.38. The van der Waals surface area contributed by atoms with Gasteiger partial charge in [0.25, 0.3) is 0 Å². The van der Waals surface area contributed by atoms with Crippen molar-refractivity contribution >= 4 is 12.1 Å². The van der Waals surface area contributed by atoms with E-state index in [1.54, 1.807) is 12.4 Å². The highest BCUT2D eigenvalue weighted by atomic mass is 16.6. The second-order valence-electron chi connectivity index (χ2n) is 8.28. The van der Waals surface area contributed by atoms with Gasteiger partial charge in [-0.15, -0.1) is 0 Å². The maximum absolute atomic E-state index is 13.0. The van der Waals surface area contributed by atoms with Gasteiger partial charge < -0.3 is 9.84 Å². The number of carbonyl (C=O) groups is 2. The molecule has 1 aliphatic heterocycles. The minimum Gasteiger partial charge on any atom is -0.480 e. The maximum Gasteiger partial charge on any atom is 0.410 e. The molecular formula is C25H23N3O4. The Balaban J connectivity index is 1.30. The molecule has 3 aromatic rings. The lowest BCUT2D eigenvalue weighted by Gasteiger charge is -2.25. The van der Waals surface area contributed by atoms with Gasteiger partial charge in [0.1, 0.15) is 19.0 Å². The van der Waals surface area contributed by atoms with Crippen LogP contribution in [0.15, 0.2) is 67.3 Å². The fourth-order valence-electron chi connectivity index (χ4n) is 5.02. The van der Waals surface area contributed by atoms with Crippen molar-refractivity contribution in [2.75, 3.05) is 13.2 Å². The van der Waals surface area contributed by atoms with Gasteiger partial charge in [-0.1, -0.05) is 48.5 Å². The van der Waals surface area contributed by atoms with E-state index in [1.165, 1.54) is 11.2 Å². The number of carboxylic acid groups (broad SMARTS) is 1. The topological polar surface area (TPSA) is 92.6 Å². The smallest absolute Gasteiger partial charge is 0.410 e. The van der Waals surface area contributed by atoms with Crippen molar-refractivity contribution in [1.82, 2.24) is 14.9 Å². The summed E-state index contributed by atoms with van der Waals surface area (Å²) in [4.78, 5) is 34.3. The number of hydrogen-bond donors (Lipinski definition) is 1. The summed E-state index contributed by atoms with van der Waals surface area (Å²) in [6.45, 7) is 0.527. The van der Waals surface area contributed by atoms with Crippen LogP contribution in [0.1, 0.15) is 29.0 Å². The molecule has 7 nitrogen and oxygen atoms in total. The highest BCUT2D eigenvalue weighted by Crippen LogP contribution is 2.44. The summed E-state index contributed by atoms with van der Waals surface area (Å²) in [7, 11) is 0. The van der Waals surface area contributed by atoms with Crippen LogP contribution in [0.25, 0.3) is 11.1 Å². The molecule has 1 amide bonds. The molecule has 1 N–H and O–H groups in total. The second kappa shape index (κ2) is 8.42. The van der Waals surface area contributed by atoms with Gasteiger partial charge in [-0.2, -0.15) is 0 Å². The molecular weight excluding hydrogens is 406 g/mol. The van der Waals surface area contributed by atoms with Gasteiger partial charge in [0.2, 0.25) is 0 Å². The summed E-state index contributed by atoms with van der Waals surface area (Å²) < 4.78 is 5.70. The van der Waals surface area contributed by atoms with Crippen LogP contribution in [0, 0.1) is 5.92 Å². The highest BCUT2D eigenvalue weighted by molar-refractivity contribution is 5.82. The number of likely N-dealkylation sites (tertiary alicyclic amines) is 1. The fourth-order valence-corrected chi connectivity index (χ4v) is 5.02. The molecule has 0 saturated carbocycles. The summed E-state index contributed by atoms with van der Waals surface area (Å²) >= 11 is 0. The minimum atomic E-state index is -1.02. The summed E-state index contributed by atoms with van der Waals surface area (Å²) in [5.74, 6) is -1.29. The third kappa shape index (κ3) is 3.60. The standard InChI is InChI=1S/C25H23N3O4/c29-24(30)23-17(11-16-12-26-15-27-13-16)9-10-28(23)25(31)32-14-22-20-7-3-1-5-18(20)19-6-2-4-8-21(19)22/h1-8,12-13,15,17,22-23H,9-11,14H2,(H,29,30)/t17-,23-/m1/s1. The Labute approximate surface area is 185 Å². The Bertz CT molecular complexity index is 1110. The van der Waals surface area contributed by atoms with E-state index >= 15 is 0 Å². The Hall–Kier alpha value is -3.74. The van der Waals surface area contributed by atoms with E-state index in [4.69, 9.17) is 4.74 Å². The lowest BCUT2D eigenvalue weighted by atomic mass is 9.93. The number of hydrogen-bond acceptors (Lipinski definition) is 5. The molecule has 2 heterocycles. The SMILES string of the molecule is O=C(O)[C@H]1[C@@H](Cc2cncnc2)CCN1C(=O)OCC1c2ccccc2-c2ccccc21. The van der Waals surface area contributed by atoms with Crippen molar-refractivity contribution in [3.05, 3.63) is 83.9 Å². The number of aliphatic carboxylic acids is 1. The van der Waals surface area contributed by atoms with E-state index < -0.39 is 18.1 Å². The van der Waals surface area contributed by atoms with Crippen LogP contribution in [0.3, 0.4) is 0 Å². The lowest BCUT2D eigenvalue weighted by molar-refractivity contribution is -0.143. The number of aromatic nitrogens is 2. The molecule has 2 aliphatic rings. The first-order chi connectivity index (χ1) is 15.6. The number of amides is 1. The largest absolute Gasteiger partial charge is 0.480 e. The Kier molecular flexibility index (Phi) is 5.31. The predicted octanol–water partition coefficient (Wildman–Crippen LogP) is 3.74. The normalized spacial score (nSPS) is 19.4. The number of rotatable bonds is 5. The zero-order chi connectivity index (χ0) is 22.1. The molecule has 5 rings (SSSR count). The van der Waals surface area contributed by atoms with Crippen LogP contribution >= 0.6 is 0 Å². The Morgan fingerprint density at radius 2 is 1.62 bits per heavy atom. The third-order valence-electron chi connectivity index (χ3n) is 6.46. The number of carbonyl (C=O) groups excluding carboxylic acids is 1. The first kappa shape index (κ1) is 20.2. The van der Waals surface area contributed by atoms with E-state index in [1.807, 2.05) is 24.3 Å². The van der Waals surface area contributed by atoms with Crippen molar-refractivity contribution in [3.63, 3.8) is 0 Å². The fraction of sp³-hybridized carbons (Fsp3) is 0.280. The van der Waals surface area contributed by atoms with Crippen molar-refractivity contribution < 1.29 is 19.4 Å². The Morgan fingerprint density at radius 3 is 2.25 bits per heavy atom. The van der Waals surface area contributed by atoms with Crippen molar-refractivity contribution in [2.45, 2.75) is 24.8 Å². The molecule has 7 heteroatoms. The summed E-state index contributed by atoms with van der Waals surface area (Å²) in [5, 5.41) is 9.84. The number of ether oxygens (including phenoxy) is 1. The molecule has 2 atom stereocenters. The average molecular weight is 429 g/mol. The van der Waals surface area contributed by atoms with Crippen LogP contribution in [0.2, 0.25) is 0 Å². The van der Waals surface area contributed by atoms with Gasteiger partial charge in [-0.3, -0.25) is 4.90 Å². The summed E-state index contributed by atoms with van der Waals surface area (Å²) in [5.41, 5.74) is 5.41. The highest BCUT2D eigenvalue weighted by Gasteiger charge is 2.43. The van der Waals surface area contributed by atoms with Crippen molar-refractivity contribution in [1.29, 1.82) is 0 Å². The van der Waals surface area contributed by atoms with Gasteiger partial charge in [0, 0.05) is 24.9 Å².